The van der Waals surface area contributed by atoms with E-state index in [-0.39, 0.29) is 18.4 Å². The van der Waals surface area contributed by atoms with E-state index in [1.165, 1.54) is 11.3 Å². The quantitative estimate of drug-likeness (QED) is 0.841. The Morgan fingerprint density at radius 1 is 1.31 bits per heavy atom. The van der Waals surface area contributed by atoms with Crippen LogP contribution in [-0.4, -0.2) is 46.5 Å². The lowest BCUT2D eigenvalue weighted by Crippen LogP contribution is -2.29. The number of aliphatic carboxylic acids is 1. The van der Waals surface area contributed by atoms with Crippen LogP contribution in [0.5, 0.6) is 0 Å². The van der Waals surface area contributed by atoms with Crippen molar-refractivity contribution in [1.29, 1.82) is 0 Å². The molecule has 0 radical (unpaired) electrons. The maximum Gasteiger partial charge on any atom is 0.308 e. The van der Waals surface area contributed by atoms with Crippen molar-refractivity contribution in [3.05, 3.63) is 46.0 Å². The third-order valence-electron chi connectivity index (χ3n) is 4.83. The van der Waals surface area contributed by atoms with Crippen molar-refractivity contribution >= 4 is 28.3 Å². The smallest absolute Gasteiger partial charge is 0.308 e. The minimum Gasteiger partial charge on any atom is -0.481 e. The Morgan fingerprint density at radius 3 is 2.69 bits per heavy atom. The third-order valence-corrected chi connectivity index (χ3v) is 5.93. The van der Waals surface area contributed by atoms with Crippen molar-refractivity contribution in [2.45, 2.75) is 26.7 Å². The SMILES string of the molecule is CCNc1nc(C)c(C(=O)N2C[C@@H](C(=O)O)[C@H](c3ccccc3C)C2)s1. The number of anilines is 1. The Kier molecular flexibility index (Phi) is 5.27. The van der Waals surface area contributed by atoms with Gasteiger partial charge >= 0.3 is 5.97 Å². The molecule has 138 valence electrons. The number of nitrogens with one attached hydrogen (secondary N) is 1. The number of carboxylic acid groups (broad SMARTS) is 1. The summed E-state index contributed by atoms with van der Waals surface area (Å²) in [5, 5.41) is 13.5. The van der Waals surface area contributed by atoms with Crippen LogP contribution in [0.2, 0.25) is 0 Å². The van der Waals surface area contributed by atoms with E-state index in [1.54, 1.807) is 4.90 Å². The molecule has 0 spiro atoms. The maximum atomic E-state index is 13.0. The lowest BCUT2D eigenvalue weighted by Gasteiger charge is -2.17. The number of aromatic nitrogens is 1. The van der Waals surface area contributed by atoms with Gasteiger partial charge in [0.2, 0.25) is 0 Å². The van der Waals surface area contributed by atoms with E-state index in [0.29, 0.717) is 17.1 Å². The summed E-state index contributed by atoms with van der Waals surface area (Å²) >= 11 is 1.33. The highest BCUT2D eigenvalue weighted by molar-refractivity contribution is 7.17. The van der Waals surface area contributed by atoms with Gasteiger partial charge in [-0.3, -0.25) is 9.59 Å². The lowest BCUT2D eigenvalue weighted by molar-refractivity contribution is -0.141. The normalized spacial score (nSPS) is 19.6. The number of benzene rings is 1. The predicted molar refractivity (Wildman–Crippen MR) is 102 cm³/mol. The van der Waals surface area contributed by atoms with Crippen LogP contribution >= 0.6 is 11.3 Å². The zero-order valence-electron chi connectivity index (χ0n) is 15.2. The van der Waals surface area contributed by atoms with E-state index in [9.17, 15) is 14.7 Å². The largest absolute Gasteiger partial charge is 0.481 e. The van der Waals surface area contributed by atoms with Gasteiger partial charge in [0, 0.05) is 25.6 Å². The maximum absolute atomic E-state index is 13.0. The number of hydrogen-bond acceptors (Lipinski definition) is 5. The van der Waals surface area contributed by atoms with Crippen molar-refractivity contribution < 1.29 is 14.7 Å². The summed E-state index contributed by atoms with van der Waals surface area (Å²) in [6.07, 6.45) is 0. The zero-order valence-corrected chi connectivity index (χ0v) is 16.0. The summed E-state index contributed by atoms with van der Waals surface area (Å²) < 4.78 is 0. The Hall–Kier alpha value is -2.41. The van der Waals surface area contributed by atoms with Crippen LogP contribution in [0.1, 0.15) is 39.3 Å². The molecule has 0 unspecified atom stereocenters. The molecule has 1 aliphatic heterocycles. The molecular weight excluding hydrogens is 350 g/mol. The second-order valence-electron chi connectivity index (χ2n) is 6.58. The molecule has 1 fully saturated rings. The molecule has 1 amide bonds. The molecule has 3 rings (SSSR count). The highest BCUT2D eigenvalue weighted by atomic mass is 32.1. The van der Waals surface area contributed by atoms with Crippen molar-refractivity contribution in [2.75, 3.05) is 25.0 Å². The van der Waals surface area contributed by atoms with Crippen LogP contribution in [0.3, 0.4) is 0 Å². The van der Waals surface area contributed by atoms with Crippen LogP contribution in [0.15, 0.2) is 24.3 Å². The first-order valence-electron chi connectivity index (χ1n) is 8.71. The van der Waals surface area contributed by atoms with Gasteiger partial charge in [0.25, 0.3) is 5.91 Å². The molecule has 0 bridgehead atoms. The molecule has 0 aliphatic carbocycles. The van der Waals surface area contributed by atoms with Crippen LogP contribution in [0.25, 0.3) is 0 Å². The summed E-state index contributed by atoms with van der Waals surface area (Å²) in [4.78, 5) is 31.4. The fourth-order valence-corrected chi connectivity index (χ4v) is 4.51. The van der Waals surface area contributed by atoms with Gasteiger partial charge in [-0.15, -0.1) is 0 Å². The second-order valence-corrected chi connectivity index (χ2v) is 7.58. The minimum atomic E-state index is -0.858. The highest BCUT2D eigenvalue weighted by Gasteiger charge is 2.41. The number of rotatable bonds is 5. The van der Waals surface area contributed by atoms with Crippen molar-refractivity contribution in [2.24, 2.45) is 5.92 Å². The Morgan fingerprint density at radius 2 is 2.04 bits per heavy atom. The molecular formula is C19H23N3O3S. The number of hydrogen-bond donors (Lipinski definition) is 2. The summed E-state index contributed by atoms with van der Waals surface area (Å²) in [6, 6.07) is 7.80. The second kappa shape index (κ2) is 7.45. The van der Waals surface area contributed by atoms with Crippen LogP contribution in [-0.2, 0) is 4.79 Å². The van der Waals surface area contributed by atoms with Gasteiger partial charge in [0.1, 0.15) is 4.88 Å². The van der Waals surface area contributed by atoms with E-state index in [1.807, 2.05) is 45.0 Å². The molecule has 26 heavy (non-hydrogen) atoms. The summed E-state index contributed by atoms with van der Waals surface area (Å²) in [6.45, 7) is 7.14. The van der Waals surface area contributed by atoms with Gasteiger partial charge in [-0.2, -0.15) is 0 Å². The summed E-state index contributed by atoms with van der Waals surface area (Å²) in [5.41, 5.74) is 2.74. The van der Waals surface area contributed by atoms with Gasteiger partial charge < -0.3 is 15.3 Å². The van der Waals surface area contributed by atoms with Crippen LogP contribution in [0.4, 0.5) is 5.13 Å². The highest BCUT2D eigenvalue weighted by Crippen LogP contribution is 2.36. The first kappa shape index (κ1) is 18.4. The van der Waals surface area contributed by atoms with E-state index < -0.39 is 11.9 Å². The first-order valence-corrected chi connectivity index (χ1v) is 9.53. The first-order chi connectivity index (χ1) is 12.4. The van der Waals surface area contributed by atoms with Crippen LogP contribution in [0, 0.1) is 19.8 Å². The van der Waals surface area contributed by atoms with Crippen molar-refractivity contribution in [3.8, 4) is 0 Å². The van der Waals surface area contributed by atoms with Gasteiger partial charge in [-0.05, 0) is 31.9 Å². The molecule has 0 saturated carbocycles. The number of thiazole rings is 1. The number of nitrogens with zero attached hydrogens (tertiary/aromatic N) is 2. The Bertz CT molecular complexity index is 833. The summed E-state index contributed by atoms with van der Waals surface area (Å²) in [7, 11) is 0. The molecule has 2 aromatic rings. The number of aryl methyl sites for hydroxylation is 2. The van der Waals surface area contributed by atoms with E-state index in [0.717, 1.165) is 22.8 Å². The molecule has 1 aromatic heterocycles. The van der Waals surface area contributed by atoms with E-state index in [4.69, 9.17) is 0 Å². The minimum absolute atomic E-state index is 0.133. The van der Waals surface area contributed by atoms with Crippen LogP contribution < -0.4 is 5.32 Å². The molecule has 2 atom stereocenters. The van der Waals surface area contributed by atoms with Crippen molar-refractivity contribution in [3.63, 3.8) is 0 Å². The third kappa shape index (κ3) is 3.44. The fourth-order valence-electron chi connectivity index (χ4n) is 3.50. The molecule has 1 saturated heterocycles. The van der Waals surface area contributed by atoms with Gasteiger partial charge in [0.15, 0.2) is 5.13 Å². The van der Waals surface area contributed by atoms with E-state index in [2.05, 4.69) is 10.3 Å². The fraction of sp³-hybridized carbons (Fsp3) is 0.421. The zero-order chi connectivity index (χ0) is 18.8. The standard InChI is InChI=1S/C19H23N3O3S/c1-4-20-19-21-12(3)16(26-19)17(23)22-9-14(15(10-22)18(24)25)13-8-6-5-7-11(13)2/h5-8,14-15H,4,9-10H2,1-3H3,(H,20,21)(H,24,25)/t14-,15+/m0/s1. The molecule has 7 heteroatoms. The summed E-state index contributed by atoms with van der Waals surface area (Å²) in [5.74, 6) is -1.78. The van der Waals surface area contributed by atoms with Gasteiger partial charge in [-0.25, -0.2) is 4.98 Å². The Balaban J connectivity index is 1.87. The lowest BCUT2D eigenvalue weighted by atomic mass is 9.86. The van der Waals surface area contributed by atoms with Gasteiger partial charge in [-0.1, -0.05) is 35.6 Å². The molecule has 1 aliphatic rings. The monoisotopic (exact) mass is 373 g/mol. The topological polar surface area (TPSA) is 82.5 Å². The number of carbonyl (C=O) groups is 2. The van der Waals surface area contributed by atoms with E-state index >= 15 is 0 Å². The predicted octanol–water partition coefficient (Wildman–Crippen LogP) is 3.13. The molecule has 6 nitrogen and oxygen atoms in total. The molecule has 2 N–H and O–H groups in total. The number of amides is 1. The molecule has 1 aromatic carbocycles. The van der Waals surface area contributed by atoms with Gasteiger partial charge in [0.05, 0.1) is 11.6 Å². The average molecular weight is 373 g/mol. The number of carboxylic acids is 1. The molecule has 2 heterocycles. The average Bonchev–Trinajstić information content (AvgIpc) is 3.19. The number of carbonyl (C=O) groups excluding carboxylic acids is 1. The Labute approximate surface area is 156 Å². The number of likely N-dealkylation sites (tertiary alicyclic amines) is 1. The van der Waals surface area contributed by atoms with Crippen molar-refractivity contribution in [1.82, 2.24) is 9.88 Å².